The maximum atomic E-state index is 12.7. The Morgan fingerprint density at radius 2 is 1.92 bits per heavy atom. The van der Waals surface area contributed by atoms with Gasteiger partial charge in [0.25, 0.3) is 0 Å². The molecule has 2 aromatic carbocycles. The standard InChI is InChI=1S/C20H20O5/c1-23-16-10-6-7-14(11-16)12-20(19(22)24-2)13-17(21)25-18(20)15-8-4-3-5-9-15/h3-11,18H,12-13H2,1-2H3. The van der Waals surface area contributed by atoms with Crippen molar-refractivity contribution in [3.63, 3.8) is 0 Å². The van der Waals surface area contributed by atoms with Crippen molar-refractivity contribution < 1.29 is 23.8 Å². The predicted octanol–water partition coefficient (Wildman–Crippen LogP) is 3.09. The van der Waals surface area contributed by atoms with E-state index >= 15 is 0 Å². The minimum Gasteiger partial charge on any atom is -0.497 e. The molecule has 0 radical (unpaired) electrons. The lowest BCUT2D eigenvalue weighted by molar-refractivity contribution is -0.157. The average molecular weight is 340 g/mol. The fourth-order valence-electron chi connectivity index (χ4n) is 3.41. The van der Waals surface area contributed by atoms with E-state index in [2.05, 4.69) is 0 Å². The first-order chi connectivity index (χ1) is 12.1. The van der Waals surface area contributed by atoms with Gasteiger partial charge in [-0.25, -0.2) is 0 Å². The number of rotatable bonds is 5. The van der Waals surface area contributed by atoms with Crippen molar-refractivity contribution in [3.05, 3.63) is 65.7 Å². The monoisotopic (exact) mass is 340 g/mol. The Kier molecular flexibility index (Phi) is 4.74. The number of carbonyl (C=O) groups excluding carboxylic acids is 2. The van der Waals surface area contributed by atoms with E-state index < -0.39 is 23.5 Å². The average Bonchev–Trinajstić information content (AvgIpc) is 2.99. The highest BCUT2D eigenvalue weighted by Crippen LogP contribution is 2.49. The van der Waals surface area contributed by atoms with Crippen LogP contribution in [0.4, 0.5) is 0 Å². The summed E-state index contributed by atoms with van der Waals surface area (Å²) in [7, 11) is 2.92. The maximum Gasteiger partial charge on any atom is 0.316 e. The highest BCUT2D eigenvalue weighted by atomic mass is 16.6. The van der Waals surface area contributed by atoms with Crippen molar-refractivity contribution in [2.45, 2.75) is 18.9 Å². The molecule has 0 amide bonds. The van der Waals surface area contributed by atoms with Crippen LogP contribution in [0.3, 0.4) is 0 Å². The first-order valence-electron chi connectivity index (χ1n) is 8.05. The van der Waals surface area contributed by atoms with E-state index in [1.54, 1.807) is 7.11 Å². The molecule has 1 aliphatic heterocycles. The number of ether oxygens (including phenoxy) is 3. The highest BCUT2D eigenvalue weighted by Gasteiger charge is 2.56. The van der Waals surface area contributed by atoms with Gasteiger partial charge in [0.2, 0.25) is 0 Å². The summed E-state index contributed by atoms with van der Waals surface area (Å²) in [4.78, 5) is 24.9. The van der Waals surface area contributed by atoms with Crippen molar-refractivity contribution >= 4 is 11.9 Å². The number of hydrogen-bond donors (Lipinski definition) is 0. The van der Waals surface area contributed by atoms with Crippen LogP contribution in [0, 0.1) is 5.41 Å². The lowest BCUT2D eigenvalue weighted by Gasteiger charge is -2.30. The van der Waals surface area contributed by atoms with Gasteiger partial charge in [0.05, 0.1) is 20.6 Å². The second kappa shape index (κ2) is 6.97. The van der Waals surface area contributed by atoms with Crippen LogP contribution in [0.25, 0.3) is 0 Å². The lowest BCUT2D eigenvalue weighted by atomic mass is 9.73. The molecule has 0 aromatic heterocycles. The van der Waals surface area contributed by atoms with Crippen LogP contribution in [-0.2, 0) is 25.5 Å². The molecular formula is C20H20O5. The van der Waals surface area contributed by atoms with E-state index in [9.17, 15) is 9.59 Å². The predicted molar refractivity (Wildman–Crippen MR) is 91.0 cm³/mol. The Morgan fingerprint density at radius 1 is 1.16 bits per heavy atom. The summed E-state index contributed by atoms with van der Waals surface area (Å²) in [6.07, 6.45) is -0.377. The molecule has 0 bridgehead atoms. The molecule has 0 aliphatic carbocycles. The topological polar surface area (TPSA) is 61.8 Å². The summed E-state index contributed by atoms with van der Waals surface area (Å²) >= 11 is 0. The van der Waals surface area contributed by atoms with E-state index in [0.717, 1.165) is 11.1 Å². The van der Waals surface area contributed by atoms with Gasteiger partial charge in [0, 0.05) is 0 Å². The van der Waals surface area contributed by atoms with Gasteiger partial charge in [0.1, 0.15) is 17.3 Å². The Hall–Kier alpha value is -2.82. The van der Waals surface area contributed by atoms with E-state index in [-0.39, 0.29) is 6.42 Å². The van der Waals surface area contributed by atoms with Crippen LogP contribution in [0.1, 0.15) is 23.7 Å². The summed E-state index contributed by atoms with van der Waals surface area (Å²) in [6.45, 7) is 0. The largest absolute Gasteiger partial charge is 0.497 e. The number of benzene rings is 2. The Morgan fingerprint density at radius 3 is 2.60 bits per heavy atom. The van der Waals surface area contributed by atoms with Crippen LogP contribution in [0.2, 0.25) is 0 Å². The van der Waals surface area contributed by atoms with E-state index in [4.69, 9.17) is 14.2 Å². The number of cyclic esters (lactones) is 1. The van der Waals surface area contributed by atoms with E-state index in [1.165, 1.54) is 7.11 Å². The van der Waals surface area contributed by atoms with Crippen molar-refractivity contribution in [1.82, 2.24) is 0 Å². The second-order valence-corrected chi connectivity index (χ2v) is 6.13. The third-order valence-electron chi connectivity index (χ3n) is 4.56. The SMILES string of the molecule is COC(=O)C1(Cc2cccc(OC)c2)CC(=O)OC1c1ccccc1. The molecule has 2 aromatic rings. The summed E-state index contributed by atoms with van der Waals surface area (Å²) in [5.74, 6) is -0.156. The summed E-state index contributed by atoms with van der Waals surface area (Å²) in [5.41, 5.74) is 0.560. The van der Waals surface area contributed by atoms with Crippen LogP contribution >= 0.6 is 0 Å². The molecule has 1 fully saturated rings. The van der Waals surface area contributed by atoms with Crippen molar-refractivity contribution in [3.8, 4) is 5.75 Å². The fraction of sp³-hybridized carbons (Fsp3) is 0.300. The number of carbonyl (C=O) groups is 2. The molecule has 0 spiro atoms. The molecule has 2 atom stereocenters. The van der Waals surface area contributed by atoms with Gasteiger partial charge in [-0.3, -0.25) is 9.59 Å². The van der Waals surface area contributed by atoms with Gasteiger partial charge in [-0.15, -0.1) is 0 Å². The molecule has 25 heavy (non-hydrogen) atoms. The summed E-state index contributed by atoms with van der Waals surface area (Å²) < 4.78 is 15.9. The fourth-order valence-corrected chi connectivity index (χ4v) is 3.41. The van der Waals surface area contributed by atoms with Gasteiger partial charge in [0.15, 0.2) is 0 Å². The zero-order chi connectivity index (χ0) is 17.9. The van der Waals surface area contributed by atoms with Crippen LogP contribution in [0.15, 0.2) is 54.6 Å². The van der Waals surface area contributed by atoms with Crippen molar-refractivity contribution in [2.75, 3.05) is 14.2 Å². The normalized spacial score (nSPS) is 22.3. The van der Waals surface area contributed by atoms with Crippen molar-refractivity contribution in [1.29, 1.82) is 0 Å². The van der Waals surface area contributed by atoms with E-state index in [1.807, 2.05) is 54.6 Å². The van der Waals surface area contributed by atoms with E-state index in [0.29, 0.717) is 12.2 Å². The molecule has 1 aliphatic rings. The minimum absolute atomic E-state index is 0.0174. The maximum absolute atomic E-state index is 12.7. The summed E-state index contributed by atoms with van der Waals surface area (Å²) in [6, 6.07) is 16.7. The Balaban J connectivity index is 2.05. The first kappa shape index (κ1) is 17.0. The zero-order valence-corrected chi connectivity index (χ0v) is 14.2. The van der Waals surface area contributed by atoms with Crippen LogP contribution in [0.5, 0.6) is 5.75 Å². The third-order valence-corrected chi connectivity index (χ3v) is 4.56. The number of hydrogen-bond acceptors (Lipinski definition) is 5. The zero-order valence-electron chi connectivity index (χ0n) is 14.2. The quantitative estimate of drug-likeness (QED) is 0.783. The molecular weight excluding hydrogens is 320 g/mol. The molecule has 2 unspecified atom stereocenters. The third kappa shape index (κ3) is 3.22. The smallest absolute Gasteiger partial charge is 0.316 e. The first-order valence-corrected chi connectivity index (χ1v) is 8.05. The minimum atomic E-state index is -1.10. The molecule has 130 valence electrons. The van der Waals surface area contributed by atoms with Gasteiger partial charge < -0.3 is 14.2 Å². The van der Waals surface area contributed by atoms with Gasteiger partial charge in [-0.2, -0.15) is 0 Å². The second-order valence-electron chi connectivity index (χ2n) is 6.13. The summed E-state index contributed by atoms with van der Waals surface area (Å²) in [5, 5.41) is 0. The molecule has 5 heteroatoms. The van der Waals surface area contributed by atoms with Crippen LogP contribution < -0.4 is 4.74 Å². The molecule has 1 saturated heterocycles. The number of methoxy groups -OCH3 is 2. The Labute approximate surface area is 146 Å². The number of esters is 2. The van der Waals surface area contributed by atoms with Gasteiger partial charge in [-0.05, 0) is 29.7 Å². The molecule has 3 rings (SSSR count). The highest BCUT2D eigenvalue weighted by molar-refractivity contribution is 5.87. The Bertz CT molecular complexity index is 771. The van der Waals surface area contributed by atoms with Gasteiger partial charge >= 0.3 is 11.9 Å². The lowest BCUT2D eigenvalue weighted by Crippen LogP contribution is -2.37. The molecule has 0 saturated carbocycles. The van der Waals surface area contributed by atoms with Gasteiger partial charge in [-0.1, -0.05) is 42.5 Å². The van der Waals surface area contributed by atoms with Crippen molar-refractivity contribution in [2.24, 2.45) is 5.41 Å². The molecule has 1 heterocycles. The van der Waals surface area contributed by atoms with Crippen LogP contribution in [-0.4, -0.2) is 26.2 Å². The molecule has 0 N–H and O–H groups in total. The molecule has 5 nitrogen and oxygen atoms in total.